The number of benzene rings is 2. The van der Waals surface area contributed by atoms with Crippen LogP contribution in [-0.4, -0.2) is 15.2 Å². The Labute approximate surface area is 131 Å². The Balaban J connectivity index is 1.97. The number of hydrogen-bond acceptors (Lipinski definition) is 4. The summed E-state index contributed by atoms with van der Waals surface area (Å²) in [7, 11) is 0. The molecule has 4 nitrogen and oxygen atoms in total. The zero-order valence-corrected chi connectivity index (χ0v) is 13.2. The molecule has 2 aromatic carbocycles. The molecule has 0 aliphatic rings. The molecule has 3 rings (SSSR count). The molecule has 6 heteroatoms. The van der Waals surface area contributed by atoms with Gasteiger partial charge in [-0.3, -0.25) is 0 Å². The van der Waals surface area contributed by atoms with Crippen LogP contribution < -0.4 is 0 Å². The van der Waals surface area contributed by atoms with Crippen molar-refractivity contribution in [2.45, 2.75) is 0 Å². The largest absolute Gasteiger partial charge is 0.507 e. The number of nitrogens with zero attached hydrogens (tertiary/aromatic N) is 2. The van der Waals surface area contributed by atoms with Crippen molar-refractivity contribution >= 4 is 31.9 Å². The van der Waals surface area contributed by atoms with E-state index in [4.69, 9.17) is 4.52 Å². The lowest BCUT2D eigenvalue weighted by atomic mass is 10.2. The third-order valence-electron chi connectivity index (χ3n) is 2.72. The van der Waals surface area contributed by atoms with E-state index in [1.165, 1.54) is 0 Å². The van der Waals surface area contributed by atoms with Gasteiger partial charge in [0.15, 0.2) is 0 Å². The van der Waals surface area contributed by atoms with Gasteiger partial charge in [-0.25, -0.2) is 0 Å². The second kappa shape index (κ2) is 5.38. The average molecular weight is 396 g/mol. The van der Waals surface area contributed by atoms with E-state index in [1.807, 2.05) is 24.3 Å². The molecule has 1 aromatic heterocycles. The number of phenols is 1. The molecular formula is C14H8Br2N2O2. The van der Waals surface area contributed by atoms with E-state index in [-0.39, 0.29) is 5.75 Å². The van der Waals surface area contributed by atoms with Crippen LogP contribution in [0, 0.1) is 0 Å². The smallest absolute Gasteiger partial charge is 0.258 e. The minimum absolute atomic E-state index is 0.130. The highest BCUT2D eigenvalue weighted by atomic mass is 79.9. The summed E-state index contributed by atoms with van der Waals surface area (Å²) in [5, 5.41) is 13.6. The monoisotopic (exact) mass is 394 g/mol. The SMILES string of the molecule is Oc1cc(-c2nc(-c3ccc(Br)cc3)no2)ccc1Br. The Morgan fingerprint density at radius 1 is 0.950 bits per heavy atom. The lowest BCUT2D eigenvalue weighted by Crippen LogP contribution is -1.81. The molecule has 20 heavy (non-hydrogen) atoms. The van der Waals surface area contributed by atoms with Crippen LogP contribution in [0.1, 0.15) is 0 Å². The maximum Gasteiger partial charge on any atom is 0.258 e. The quantitative estimate of drug-likeness (QED) is 0.686. The maximum absolute atomic E-state index is 9.67. The first kappa shape index (κ1) is 13.3. The van der Waals surface area contributed by atoms with E-state index in [9.17, 15) is 5.11 Å². The standard InChI is InChI=1S/C14H8Br2N2O2/c15-10-4-1-8(2-5-10)13-17-14(20-18-13)9-3-6-11(16)12(19)7-9/h1-7,19H. The summed E-state index contributed by atoms with van der Waals surface area (Å²) in [6.07, 6.45) is 0. The molecule has 0 spiro atoms. The molecule has 100 valence electrons. The van der Waals surface area contributed by atoms with Gasteiger partial charge in [0.2, 0.25) is 5.82 Å². The molecule has 0 saturated carbocycles. The van der Waals surface area contributed by atoms with Crippen molar-refractivity contribution in [3.63, 3.8) is 0 Å². The molecule has 0 atom stereocenters. The van der Waals surface area contributed by atoms with Crippen LogP contribution in [0.15, 0.2) is 55.9 Å². The van der Waals surface area contributed by atoms with Gasteiger partial charge in [-0.15, -0.1) is 0 Å². The van der Waals surface area contributed by atoms with Gasteiger partial charge in [-0.2, -0.15) is 4.98 Å². The number of halogens is 2. The molecule has 0 amide bonds. The fourth-order valence-corrected chi connectivity index (χ4v) is 2.21. The molecule has 0 unspecified atom stereocenters. The van der Waals surface area contributed by atoms with E-state index < -0.39 is 0 Å². The number of aromatic nitrogens is 2. The van der Waals surface area contributed by atoms with Gasteiger partial charge < -0.3 is 9.63 Å². The number of phenolic OH excluding ortho intramolecular Hbond substituents is 1. The van der Waals surface area contributed by atoms with Crippen LogP contribution >= 0.6 is 31.9 Å². The van der Waals surface area contributed by atoms with E-state index >= 15 is 0 Å². The fourth-order valence-electron chi connectivity index (χ4n) is 1.70. The Morgan fingerprint density at radius 3 is 2.35 bits per heavy atom. The summed E-state index contributed by atoms with van der Waals surface area (Å²) < 4.78 is 6.84. The Kier molecular flexibility index (Phi) is 3.58. The van der Waals surface area contributed by atoms with Gasteiger partial charge in [-0.05, 0) is 58.4 Å². The molecule has 0 bridgehead atoms. The number of hydrogen-bond donors (Lipinski definition) is 1. The third-order valence-corrected chi connectivity index (χ3v) is 3.92. The van der Waals surface area contributed by atoms with Crippen LogP contribution in [0.5, 0.6) is 5.75 Å². The summed E-state index contributed by atoms with van der Waals surface area (Å²) in [5.41, 5.74) is 1.53. The molecule has 0 saturated heterocycles. The lowest BCUT2D eigenvalue weighted by Gasteiger charge is -1.98. The Bertz CT molecular complexity index is 754. The third kappa shape index (κ3) is 2.62. The number of rotatable bonds is 2. The van der Waals surface area contributed by atoms with Crippen molar-refractivity contribution in [2.75, 3.05) is 0 Å². The predicted octanol–water partition coefficient (Wildman–Crippen LogP) is 4.63. The van der Waals surface area contributed by atoms with E-state index in [0.29, 0.717) is 21.8 Å². The topological polar surface area (TPSA) is 59.2 Å². The normalized spacial score (nSPS) is 10.7. The van der Waals surface area contributed by atoms with Gasteiger partial charge in [0.1, 0.15) is 5.75 Å². The first-order chi connectivity index (χ1) is 9.63. The van der Waals surface area contributed by atoms with E-state index in [1.54, 1.807) is 18.2 Å². The zero-order chi connectivity index (χ0) is 14.1. The molecule has 1 N–H and O–H groups in total. The molecule has 0 aliphatic heterocycles. The van der Waals surface area contributed by atoms with Gasteiger partial charge in [0, 0.05) is 15.6 Å². The van der Waals surface area contributed by atoms with Gasteiger partial charge >= 0.3 is 0 Å². The van der Waals surface area contributed by atoms with Crippen molar-refractivity contribution in [3.8, 4) is 28.6 Å². The van der Waals surface area contributed by atoms with Crippen molar-refractivity contribution < 1.29 is 9.63 Å². The zero-order valence-electron chi connectivity index (χ0n) is 10.0. The van der Waals surface area contributed by atoms with Crippen LogP contribution in [0.25, 0.3) is 22.8 Å². The molecular weight excluding hydrogens is 388 g/mol. The van der Waals surface area contributed by atoms with Crippen LogP contribution in [-0.2, 0) is 0 Å². The highest BCUT2D eigenvalue weighted by Gasteiger charge is 2.11. The van der Waals surface area contributed by atoms with Crippen molar-refractivity contribution in [1.82, 2.24) is 10.1 Å². The predicted molar refractivity (Wildman–Crippen MR) is 82.2 cm³/mol. The maximum atomic E-state index is 9.67. The van der Waals surface area contributed by atoms with Crippen LogP contribution in [0.2, 0.25) is 0 Å². The fraction of sp³-hybridized carbons (Fsp3) is 0. The summed E-state index contributed by atoms with van der Waals surface area (Å²) in [5.74, 6) is 1.01. The van der Waals surface area contributed by atoms with Crippen LogP contribution in [0.4, 0.5) is 0 Å². The summed E-state index contributed by atoms with van der Waals surface area (Å²) in [4.78, 5) is 4.33. The van der Waals surface area contributed by atoms with Crippen molar-refractivity contribution in [2.24, 2.45) is 0 Å². The second-order valence-corrected chi connectivity index (χ2v) is 5.87. The summed E-state index contributed by atoms with van der Waals surface area (Å²) >= 11 is 6.61. The number of aromatic hydroxyl groups is 1. The van der Waals surface area contributed by atoms with Crippen LogP contribution in [0.3, 0.4) is 0 Å². The molecule has 1 heterocycles. The summed E-state index contributed by atoms with van der Waals surface area (Å²) in [6, 6.07) is 12.7. The highest BCUT2D eigenvalue weighted by Crippen LogP contribution is 2.30. The minimum Gasteiger partial charge on any atom is -0.507 e. The molecule has 0 aliphatic carbocycles. The first-order valence-corrected chi connectivity index (χ1v) is 7.30. The van der Waals surface area contributed by atoms with Gasteiger partial charge in [0.05, 0.1) is 4.47 Å². The second-order valence-electron chi connectivity index (χ2n) is 4.10. The Morgan fingerprint density at radius 2 is 1.65 bits per heavy atom. The van der Waals surface area contributed by atoms with E-state index in [0.717, 1.165) is 10.0 Å². The Hall–Kier alpha value is -1.66. The minimum atomic E-state index is 0.130. The van der Waals surface area contributed by atoms with Crippen molar-refractivity contribution in [3.05, 3.63) is 51.4 Å². The average Bonchev–Trinajstić information content (AvgIpc) is 2.92. The molecule has 0 fully saturated rings. The van der Waals surface area contributed by atoms with Gasteiger partial charge in [0.25, 0.3) is 5.89 Å². The van der Waals surface area contributed by atoms with Gasteiger partial charge in [-0.1, -0.05) is 21.1 Å². The highest BCUT2D eigenvalue weighted by molar-refractivity contribution is 9.10. The lowest BCUT2D eigenvalue weighted by molar-refractivity contribution is 0.431. The first-order valence-electron chi connectivity index (χ1n) is 5.72. The molecule has 0 radical (unpaired) electrons. The van der Waals surface area contributed by atoms with E-state index in [2.05, 4.69) is 42.0 Å². The summed E-state index contributed by atoms with van der Waals surface area (Å²) in [6.45, 7) is 0. The van der Waals surface area contributed by atoms with Crippen molar-refractivity contribution in [1.29, 1.82) is 0 Å². The molecule has 3 aromatic rings.